The second kappa shape index (κ2) is 26.3. The fraction of sp³-hybridized carbons (Fsp3) is 0.238. The predicted molar refractivity (Wildman–Crippen MR) is 243 cm³/mol. The number of aliphatic hydroxyl groups excluding tert-OH is 4. The number of rotatable bonds is 23. The molecule has 0 bridgehead atoms. The molecule has 0 aliphatic heterocycles. The normalized spacial score (nSPS) is 11.5. The Kier molecular flexibility index (Phi) is 21.6. The summed E-state index contributed by atoms with van der Waals surface area (Å²) in [6.07, 6.45) is 2.29. The van der Waals surface area contributed by atoms with Crippen molar-refractivity contribution in [3.05, 3.63) is 120 Å². The van der Waals surface area contributed by atoms with Crippen LogP contribution in [-0.4, -0.2) is 141 Å². The van der Waals surface area contributed by atoms with Crippen LogP contribution in [0.2, 0.25) is 0 Å². The van der Waals surface area contributed by atoms with Crippen molar-refractivity contribution in [1.82, 2.24) is 34.9 Å². The van der Waals surface area contributed by atoms with Gasteiger partial charge in [-0.3, -0.25) is 5.01 Å². The Morgan fingerprint density at radius 1 is 0.544 bits per heavy atom. The Balaban J connectivity index is 0.00000504. The monoisotopic (exact) mass is 988 g/mol. The van der Waals surface area contributed by atoms with Gasteiger partial charge in [-0.15, -0.1) is 0 Å². The van der Waals surface area contributed by atoms with Crippen LogP contribution in [0.1, 0.15) is 22.5 Å². The van der Waals surface area contributed by atoms with E-state index in [1.165, 1.54) is 41.4 Å². The number of hydrogen-bond donors (Lipinski definition) is 7. The molecule has 0 spiro atoms. The van der Waals surface area contributed by atoms with Crippen molar-refractivity contribution in [3.8, 4) is 0 Å². The first-order valence-electron chi connectivity index (χ1n) is 20.1. The molecule has 0 radical (unpaired) electrons. The maximum Gasteiger partial charge on any atom is 1.00 e. The number of hydrazine groups is 1. The van der Waals surface area contributed by atoms with Gasteiger partial charge in [-0.25, -0.2) is 21.8 Å². The summed E-state index contributed by atoms with van der Waals surface area (Å²) in [7, 11) is -8.70. The summed E-state index contributed by atoms with van der Waals surface area (Å²) in [6.45, 7) is -0.560. The van der Waals surface area contributed by atoms with Gasteiger partial charge in [-0.2, -0.15) is 29.9 Å². The van der Waals surface area contributed by atoms with Crippen LogP contribution in [0.4, 0.5) is 46.8 Å². The quantitative estimate of drug-likeness (QED) is 0.0141. The van der Waals surface area contributed by atoms with Crippen molar-refractivity contribution in [2.75, 3.05) is 85.5 Å². The third-order valence-corrected chi connectivity index (χ3v) is 11.3. The van der Waals surface area contributed by atoms with Gasteiger partial charge in [0.25, 0.3) is 0 Å². The zero-order valence-corrected chi connectivity index (χ0v) is 43.0. The fourth-order valence-electron chi connectivity index (χ4n) is 6.43. The van der Waals surface area contributed by atoms with Gasteiger partial charge in [-0.05, 0) is 59.2 Å². The number of anilines is 8. The number of nitrogens with one attached hydrogen (secondary N) is 3. The number of hydrogen-bond acceptors (Lipinski definition) is 22. The first kappa shape index (κ1) is 55.9. The number of benzene rings is 4. The third-order valence-electron chi connectivity index (χ3n) is 9.50. The van der Waals surface area contributed by atoms with Crippen molar-refractivity contribution in [2.24, 2.45) is 0 Å². The summed E-state index contributed by atoms with van der Waals surface area (Å²) >= 11 is 0. The van der Waals surface area contributed by atoms with Crippen LogP contribution >= 0.6 is 0 Å². The molecule has 2 aromatic heterocycles. The minimum atomic E-state index is -5.17. The van der Waals surface area contributed by atoms with E-state index in [0.29, 0.717) is 16.9 Å². The molecule has 26 heteroatoms. The Hall–Kier alpha value is -4.74. The zero-order chi connectivity index (χ0) is 47.3. The van der Waals surface area contributed by atoms with E-state index >= 15 is 0 Å². The Morgan fingerprint density at radius 3 is 1.50 bits per heavy atom. The standard InChI is InChI=1S/C42H48N12O10S2.2Na/c1-52(54(20-24-57)21-25-58)41-49-39(44-33-10-6-3-7-11-33)48-40(50-41)45-34-17-16-31(36(28-34)66(62,63)64)15-14-30-13-12-29(26-35(30)65(59,60)61)27-37-46-38(43-32-8-4-2-5-9-32)51-42(47-37)53(18-22-55)19-23-56;;/h2-17,26,28,55-58H,18-25,27H2,1H3,(H,59,60,61)(H,62,63,64)(H,43,46,47,51)(H2,44,45,48,49,50);;/q;2*+1/p-2/b15-14+;;. The molecule has 22 nitrogen and oxygen atoms in total. The second-order valence-electron chi connectivity index (χ2n) is 14.2. The van der Waals surface area contributed by atoms with Crippen molar-refractivity contribution >= 4 is 79.2 Å². The molecule has 0 amide bonds. The van der Waals surface area contributed by atoms with E-state index in [1.54, 1.807) is 65.5 Å². The van der Waals surface area contributed by atoms with Crippen LogP contribution in [0.15, 0.2) is 107 Å². The number of aromatic nitrogens is 6. The van der Waals surface area contributed by atoms with Crippen molar-refractivity contribution in [1.29, 1.82) is 0 Å². The second-order valence-corrected chi connectivity index (χ2v) is 16.9. The molecule has 0 unspecified atom stereocenters. The Morgan fingerprint density at radius 2 is 1.00 bits per heavy atom. The van der Waals surface area contributed by atoms with Gasteiger partial charge in [0.05, 0.1) is 36.2 Å². The topological polar surface area (TPSA) is 318 Å². The average Bonchev–Trinajstić information content (AvgIpc) is 3.28. The summed E-state index contributed by atoms with van der Waals surface area (Å²) in [6, 6.07) is 25.7. The van der Waals surface area contributed by atoms with Crippen LogP contribution in [0.25, 0.3) is 12.2 Å². The smallest absolute Gasteiger partial charge is 0.744 e. The molecule has 0 aliphatic rings. The third kappa shape index (κ3) is 15.9. The Labute approximate surface area is 437 Å². The van der Waals surface area contributed by atoms with Crippen LogP contribution in [0.3, 0.4) is 0 Å². The van der Waals surface area contributed by atoms with E-state index in [2.05, 4.69) is 45.9 Å². The molecule has 68 heavy (non-hydrogen) atoms. The molecular weight excluding hydrogens is 943 g/mol. The molecule has 0 aliphatic carbocycles. The first-order valence-corrected chi connectivity index (χ1v) is 22.9. The molecule has 348 valence electrons. The van der Waals surface area contributed by atoms with E-state index < -0.39 is 30.0 Å². The molecule has 2 heterocycles. The summed E-state index contributed by atoms with van der Waals surface area (Å²) in [4.78, 5) is 26.9. The number of nitrogens with zero attached hydrogens (tertiary/aromatic N) is 9. The molecule has 0 saturated carbocycles. The van der Waals surface area contributed by atoms with Gasteiger partial charge < -0.3 is 50.4 Å². The molecule has 6 aromatic rings. The van der Waals surface area contributed by atoms with Crippen molar-refractivity contribution in [3.63, 3.8) is 0 Å². The van der Waals surface area contributed by atoms with Crippen molar-refractivity contribution in [2.45, 2.75) is 16.2 Å². The van der Waals surface area contributed by atoms with Crippen LogP contribution in [-0.2, 0) is 26.7 Å². The predicted octanol–water partition coefficient (Wildman–Crippen LogP) is -3.71. The number of para-hydroxylation sites is 2. The van der Waals surface area contributed by atoms with Crippen LogP contribution in [0.5, 0.6) is 0 Å². The van der Waals surface area contributed by atoms with Crippen LogP contribution < -0.4 is 85.0 Å². The largest absolute Gasteiger partial charge is 1.00 e. The minimum Gasteiger partial charge on any atom is -0.744 e. The summed E-state index contributed by atoms with van der Waals surface area (Å²) in [5.41, 5.74) is 1.42. The van der Waals surface area contributed by atoms with E-state index in [-0.39, 0.29) is 171 Å². The van der Waals surface area contributed by atoms with Gasteiger partial charge >= 0.3 is 59.1 Å². The van der Waals surface area contributed by atoms with E-state index in [9.17, 15) is 46.4 Å². The van der Waals surface area contributed by atoms with E-state index in [0.717, 1.165) is 12.1 Å². The van der Waals surface area contributed by atoms with E-state index in [1.807, 2.05) is 12.1 Å². The zero-order valence-electron chi connectivity index (χ0n) is 37.3. The minimum absolute atomic E-state index is 0. The fourth-order valence-corrected chi connectivity index (χ4v) is 7.85. The molecule has 7 N–H and O–H groups in total. The summed E-state index contributed by atoms with van der Waals surface area (Å²) in [5.74, 6) is 0.476. The summed E-state index contributed by atoms with van der Waals surface area (Å²) in [5, 5.41) is 50.6. The molecule has 0 atom stereocenters. The van der Waals surface area contributed by atoms with Gasteiger partial charge in [0.2, 0.25) is 29.7 Å². The Bertz CT molecular complexity index is 2830. The molecular formula is C42H46N12Na2O10S2. The van der Waals surface area contributed by atoms with Gasteiger partial charge in [-0.1, -0.05) is 66.7 Å². The molecule has 0 fully saturated rings. The van der Waals surface area contributed by atoms with Gasteiger partial charge in [0.1, 0.15) is 26.1 Å². The average molecular weight is 989 g/mol. The van der Waals surface area contributed by atoms with Crippen LogP contribution in [0, 0.1) is 0 Å². The summed E-state index contributed by atoms with van der Waals surface area (Å²) < 4.78 is 76.0. The maximum absolute atomic E-state index is 12.7. The van der Waals surface area contributed by atoms with Gasteiger partial charge in [0.15, 0.2) is 0 Å². The molecule has 4 aromatic carbocycles. The number of aliphatic hydroxyl groups is 4. The molecule has 0 saturated heterocycles. The molecule has 6 rings (SSSR count). The SMILES string of the molecule is CN(c1nc(Nc2ccccc2)nc(Nc2ccc(/C=C/c3ccc(Cc4nc(Nc5ccccc5)nc(N(CCO)CCO)n4)cc3S(=O)(=O)[O-])c(S(=O)(=O)[O-])c2)n1)N(CCO)CCO.[Na+].[Na+]. The first-order chi connectivity index (χ1) is 31.7. The maximum atomic E-state index is 12.7. The van der Waals surface area contributed by atoms with Gasteiger partial charge in [0, 0.05) is 56.7 Å². The van der Waals surface area contributed by atoms with Crippen molar-refractivity contribution < 1.29 is 105 Å². The van der Waals surface area contributed by atoms with E-state index in [4.69, 9.17) is 0 Å².